The Labute approximate surface area is 85.2 Å². The second kappa shape index (κ2) is 5.45. The van der Waals surface area contributed by atoms with Gasteiger partial charge in [0, 0.05) is 0 Å². The SMILES string of the molecule is C=C(C)COC(C)Oc1ccccc1. The number of para-hydroxylation sites is 1. The smallest absolute Gasteiger partial charge is 0.197 e. The molecule has 0 aromatic heterocycles. The first-order valence-electron chi connectivity index (χ1n) is 4.66. The van der Waals surface area contributed by atoms with Crippen LogP contribution in [0, 0.1) is 0 Å². The second-order valence-corrected chi connectivity index (χ2v) is 3.27. The number of hydrogen-bond donors (Lipinski definition) is 0. The van der Waals surface area contributed by atoms with Crippen molar-refractivity contribution in [3.05, 3.63) is 42.5 Å². The van der Waals surface area contributed by atoms with Gasteiger partial charge in [0.15, 0.2) is 6.29 Å². The molecule has 0 aliphatic carbocycles. The van der Waals surface area contributed by atoms with Crippen LogP contribution in [0.1, 0.15) is 13.8 Å². The summed E-state index contributed by atoms with van der Waals surface area (Å²) in [6.07, 6.45) is -0.242. The van der Waals surface area contributed by atoms with Crippen LogP contribution in [-0.2, 0) is 4.74 Å². The largest absolute Gasteiger partial charge is 0.465 e. The summed E-state index contributed by atoms with van der Waals surface area (Å²) in [5, 5.41) is 0. The normalized spacial score (nSPS) is 12.1. The lowest BCUT2D eigenvalue weighted by Gasteiger charge is -2.15. The molecular weight excluding hydrogens is 176 g/mol. The molecule has 0 radical (unpaired) electrons. The van der Waals surface area contributed by atoms with E-state index in [-0.39, 0.29) is 6.29 Å². The van der Waals surface area contributed by atoms with Crippen molar-refractivity contribution in [2.24, 2.45) is 0 Å². The Kier molecular flexibility index (Phi) is 4.20. The van der Waals surface area contributed by atoms with Crippen LogP contribution in [0.3, 0.4) is 0 Å². The van der Waals surface area contributed by atoms with Crippen LogP contribution in [0.4, 0.5) is 0 Å². The first-order chi connectivity index (χ1) is 6.68. The Morgan fingerprint density at radius 2 is 2.00 bits per heavy atom. The summed E-state index contributed by atoms with van der Waals surface area (Å²) in [7, 11) is 0. The number of benzene rings is 1. The van der Waals surface area contributed by atoms with Crippen molar-refractivity contribution in [1.82, 2.24) is 0 Å². The maximum absolute atomic E-state index is 5.50. The van der Waals surface area contributed by atoms with Gasteiger partial charge in [-0.3, -0.25) is 0 Å². The van der Waals surface area contributed by atoms with Gasteiger partial charge >= 0.3 is 0 Å². The molecule has 1 unspecified atom stereocenters. The van der Waals surface area contributed by atoms with Crippen molar-refractivity contribution in [3.8, 4) is 5.75 Å². The zero-order valence-corrected chi connectivity index (χ0v) is 8.69. The molecular formula is C12H16O2. The minimum absolute atomic E-state index is 0.242. The van der Waals surface area contributed by atoms with E-state index in [0.29, 0.717) is 6.61 Å². The lowest BCUT2D eigenvalue weighted by molar-refractivity contribution is -0.0572. The summed E-state index contributed by atoms with van der Waals surface area (Å²) in [6.45, 7) is 8.09. The van der Waals surface area contributed by atoms with Crippen LogP contribution in [0.25, 0.3) is 0 Å². The van der Waals surface area contributed by atoms with E-state index in [0.717, 1.165) is 11.3 Å². The molecule has 0 amide bonds. The highest BCUT2D eigenvalue weighted by Crippen LogP contribution is 2.11. The molecule has 2 heteroatoms. The summed E-state index contributed by atoms with van der Waals surface area (Å²) >= 11 is 0. The Morgan fingerprint density at radius 3 is 2.57 bits per heavy atom. The van der Waals surface area contributed by atoms with E-state index in [1.54, 1.807) is 0 Å². The van der Waals surface area contributed by atoms with Gasteiger partial charge < -0.3 is 9.47 Å². The maximum Gasteiger partial charge on any atom is 0.197 e. The molecule has 0 N–H and O–H groups in total. The van der Waals surface area contributed by atoms with Crippen molar-refractivity contribution in [2.75, 3.05) is 6.61 Å². The maximum atomic E-state index is 5.50. The zero-order chi connectivity index (χ0) is 10.4. The van der Waals surface area contributed by atoms with Crippen molar-refractivity contribution < 1.29 is 9.47 Å². The van der Waals surface area contributed by atoms with Crippen LogP contribution < -0.4 is 4.74 Å². The van der Waals surface area contributed by atoms with E-state index < -0.39 is 0 Å². The highest BCUT2D eigenvalue weighted by atomic mass is 16.7. The van der Waals surface area contributed by atoms with Gasteiger partial charge in [0.1, 0.15) is 5.75 Å². The van der Waals surface area contributed by atoms with Gasteiger partial charge in [0.05, 0.1) is 6.61 Å². The fraction of sp³-hybridized carbons (Fsp3) is 0.333. The summed E-state index contributed by atoms with van der Waals surface area (Å²) < 4.78 is 10.9. The molecule has 1 aromatic rings. The molecule has 1 atom stereocenters. The van der Waals surface area contributed by atoms with Crippen LogP contribution >= 0.6 is 0 Å². The molecule has 76 valence electrons. The molecule has 0 aliphatic heterocycles. The molecule has 0 fully saturated rings. The topological polar surface area (TPSA) is 18.5 Å². The average molecular weight is 192 g/mol. The molecule has 1 rings (SSSR count). The van der Waals surface area contributed by atoms with Crippen LogP contribution in [0.15, 0.2) is 42.5 Å². The van der Waals surface area contributed by atoms with E-state index in [4.69, 9.17) is 9.47 Å². The Morgan fingerprint density at radius 1 is 1.36 bits per heavy atom. The summed E-state index contributed by atoms with van der Waals surface area (Å²) in [5.41, 5.74) is 0.994. The lowest BCUT2D eigenvalue weighted by Crippen LogP contribution is -2.17. The van der Waals surface area contributed by atoms with Crippen molar-refractivity contribution in [2.45, 2.75) is 20.1 Å². The van der Waals surface area contributed by atoms with Gasteiger partial charge in [-0.15, -0.1) is 0 Å². The van der Waals surface area contributed by atoms with E-state index >= 15 is 0 Å². The molecule has 0 saturated heterocycles. The molecule has 0 bridgehead atoms. The number of ether oxygens (including phenoxy) is 2. The van der Waals surface area contributed by atoms with E-state index in [1.807, 2.05) is 44.2 Å². The van der Waals surface area contributed by atoms with Gasteiger partial charge in [-0.25, -0.2) is 0 Å². The van der Waals surface area contributed by atoms with Gasteiger partial charge in [0.2, 0.25) is 0 Å². The molecule has 0 aliphatic rings. The third kappa shape index (κ3) is 4.10. The van der Waals surface area contributed by atoms with Crippen LogP contribution in [0.2, 0.25) is 0 Å². The van der Waals surface area contributed by atoms with Gasteiger partial charge in [-0.1, -0.05) is 30.4 Å². The van der Waals surface area contributed by atoms with Crippen molar-refractivity contribution in [3.63, 3.8) is 0 Å². The molecule has 0 saturated carbocycles. The van der Waals surface area contributed by atoms with E-state index in [1.165, 1.54) is 0 Å². The molecule has 0 spiro atoms. The van der Waals surface area contributed by atoms with Gasteiger partial charge in [0.25, 0.3) is 0 Å². The van der Waals surface area contributed by atoms with Crippen molar-refractivity contribution in [1.29, 1.82) is 0 Å². The predicted octanol–water partition coefficient (Wildman–Crippen LogP) is 3.00. The second-order valence-electron chi connectivity index (χ2n) is 3.27. The first kappa shape index (κ1) is 10.8. The predicted molar refractivity (Wildman–Crippen MR) is 57.3 cm³/mol. The molecule has 14 heavy (non-hydrogen) atoms. The van der Waals surface area contributed by atoms with Gasteiger partial charge in [-0.05, 0) is 26.0 Å². The Balaban J connectivity index is 2.34. The molecule has 0 heterocycles. The Hall–Kier alpha value is -1.28. The third-order valence-corrected chi connectivity index (χ3v) is 1.61. The Bertz CT molecular complexity index is 280. The molecule has 2 nitrogen and oxygen atoms in total. The standard InChI is InChI=1S/C12H16O2/c1-10(2)9-13-11(3)14-12-7-5-4-6-8-12/h4-8,11H,1,9H2,2-3H3. The number of rotatable bonds is 5. The first-order valence-corrected chi connectivity index (χ1v) is 4.66. The fourth-order valence-electron chi connectivity index (χ4n) is 0.984. The van der Waals surface area contributed by atoms with Crippen molar-refractivity contribution >= 4 is 0 Å². The summed E-state index contributed by atoms with van der Waals surface area (Å²) in [6, 6.07) is 9.62. The van der Waals surface area contributed by atoms with E-state index in [9.17, 15) is 0 Å². The average Bonchev–Trinajstić information content (AvgIpc) is 2.16. The minimum Gasteiger partial charge on any atom is -0.465 e. The lowest BCUT2D eigenvalue weighted by atomic mass is 10.3. The number of hydrogen-bond acceptors (Lipinski definition) is 2. The minimum atomic E-state index is -0.242. The van der Waals surface area contributed by atoms with Gasteiger partial charge in [-0.2, -0.15) is 0 Å². The third-order valence-electron chi connectivity index (χ3n) is 1.61. The van der Waals surface area contributed by atoms with Crippen LogP contribution in [0.5, 0.6) is 5.75 Å². The highest BCUT2D eigenvalue weighted by Gasteiger charge is 2.02. The quantitative estimate of drug-likeness (QED) is 0.527. The summed E-state index contributed by atoms with van der Waals surface area (Å²) in [5.74, 6) is 0.821. The van der Waals surface area contributed by atoms with Crippen LogP contribution in [-0.4, -0.2) is 12.9 Å². The fourth-order valence-corrected chi connectivity index (χ4v) is 0.984. The monoisotopic (exact) mass is 192 g/mol. The zero-order valence-electron chi connectivity index (χ0n) is 8.69. The summed E-state index contributed by atoms with van der Waals surface area (Å²) in [4.78, 5) is 0. The molecule has 1 aromatic carbocycles. The van der Waals surface area contributed by atoms with E-state index in [2.05, 4.69) is 6.58 Å². The highest BCUT2D eigenvalue weighted by molar-refractivity contribution is 5.20.